The zero-order valence-corrected chi connectivity index (χ0v) is 13.9. The van der Waals surface area contributed by atoms with Gasteiger partial charge in [-0.05, 0) is 46.2 Å². The summed E-state index contributed by atoms with van der Waals surface area (Å²) >= 11 is 0. The third-order valence-corrected chi connectivity index (χ3v) is 3.77. The van der Waals surface area contributed by atoms with Gasteiger partial charge in [-0.15, -0.1) is 10.2 Å². The highest BCUT2D eigenvalue weighted by atomic mass is 19.3. The van der Waals surface area contributed by atoms with Gasteiger partial charge in [0.05, 0.1) is 0 Å². The zero-order valence-electron chi connectivity index (χ0n) is 13.9. The lowest BCUT2D eigenvalue weighted by atomic mass is 9.98. The van der Waals surface area contributed by atoms with Crippen molar-refractivity contribution in [3.05, 3.63) is 66.5 Å². The minimum atomic E-state index is -2.92. The molecule has 1 N–H and O–H groups in total. The fourth-order valence-electron chi connectivity index (χ4n) is 2.43. The number of alkyl halides is 2. The van der Waals surface area contributed by atoms with Crippen molar-refractivity contribution in [1.82, 2.24) is 25.5 Å². The van der Waals surface area contributed by atoms with Crippen LogP contribution in [0, 0.1) is 5.82 Å². The summed E-state index contributed by atoms with van der Waals surface area (Å²) in [5.41, 5.74) is 2.45. The third-order valence-electron chi connectivity index (χ3n) is 3.77. The van der Waals surface area contributed by atoms with Gasteiger partial charge in [0.15, 0.2) is 0 Å². The van der Waals surface area contributed by atoms with E-state index in [2.05, 4.69) is 27.3 Å². The Morgan fingerprint density at radius 1 is 1.19 bits per heavy atom. The maximum absolute atomic E-state index is 13.1. The van der Waals surface area contributed by atoms with Crippen LogP contribution in [0.1, 0.15) is 12.1 Å². The second kappa shape index (κ2) is 7.81. The molecule has 0 unspecified atom stereocenters. The Morgan fingerprint density at radius 2 is 1.89 bits per heavy atom. The Morgan fingerprint density at radius 3 is 2.52 bits per heavy atom. The number of aromatic nitrogens is 4. The van der Waals surface area contributed by atoms with Crippen molar-refractivity contribution < 1.29 is 18.0 Å². The van der Waals surface area contributed by atoms with Gasteiger partial charge in [-0.25, -0.2) is 4.39 Å². The van der Waals surface area contributed by atoms with Crippen LogP contribution in [0.25, 0.3) is 22.5 Å². The predicted molar refractivity (Wildman–Crippen MR) is 91.9 cm³/mol. The van der Waals surface area contributed by atoms with Crippen LogP contribution >= 0.6 is 0 Å². The molecule has 0 bridgehead atoms. The predicted octanol–water partition coefficient (Wildman–Crippen LogP) is 3.34. The molecule has 0 spiro atoms. The van der Waals surface area contributed by atoms with Crippen LogP contribution in [0.15, 0.2) is 55.1 Å². The molecule has 0 radical (unpaired) electrons. The van der Waals surface area contributed by atoms with Gasteiger partial charge in [-0.3, -0.25) is 4.79 Å². The fraction of sp³-hybridized carbons (Fsp3) is 0.111. The summed E-state index contributed by atoms with van der Waals surface area (Å²) in [7, 11) is 0. The summed E-state index contributed by atoms with van der Waals surface area (Å²) in [6.45, 7) is 0.570. The maximum atomic E-state index is 13.1. The van der Waals surface area contributed by atoms with Crippen molar-refractivity contribution in [2.24, 2.45) is 0 Å². The number of benzene rings is 2. The molecule has 138 valence electrons. The Bertz CT molecular complexity index is 969. The van der Waals surface area contributed by atoms with E-state index in [1.54, 1.807) is 30.3 Å². The Kier molecular flexibility index (Phi) is 5.30. The summed E-state index contributed by atoms with van der Waals surface area (Å²) in [4.78, 5) is 11.6. The molecule has 0 saturated heterocycles. The van der Waals surface area contributed by atoms with E-state index in [1.807, 2.05) is 0 Å². The molecule has 1 amide bonds. The molecule has 0 fully saturated rings. The van der Waals surface area contributed by atoms with Crippen LogP contribution in [0.2, 0.25) is 0 Å². The van der Waals surface area contributed by atoms with Crippen LogP contribution < -0.4 is 5.32 Å². The molecular weight excluding hydrogens is 359 g/mol. The smallest absolute Gasteiger partial charge is 0.348 e. The summed E-state index contributed by atoms with van der Waals surface area (Å²) in [6.07, 6.45) is 1.12. The second-order valence-electron chi connectivity index (χ2n) is 5.51. The molecule has 0 saturated carbocycles. The lowest BCUT2D eigenvalue weighted by molar-refractivity contribution is -0.116. The number of nitrogens with zero attached hydrogens (tertiary/aromatic N) is 4. The van der Waals surface area contributed by atoms with Crippen LogP contribution in [-0.4, -0.2) is 26.1 Å². The molecule has 0 atom stereocenters. The number of amides is 1. The average Bonchev–Trinajstić information content (AvgIpc) is 3.17. The number of tetrazole rings is 1. The second-order valence-corrected chi connectivity index (χ2v) is 5.51. The number of rotatable bonds is 6. The van der Waals surface area contributed by atoms with E-state index in [0.29, 0.717) is 16.7 Å². The number of halogens is 3. The minimum Gasteiger partial charge on any atom is -0.348 e. The van der Waals surface area contributed by atoms with Crippen LogP contribution in [0.4, 0.5) is 13.2 Å². The summed E-state index contributed by atoms with van der Waals surface area (Å²) < 4.78 is 38.7. The fourth-order valence-corrected chi connectivity index (χ4v) is 2.43. The van der Waals surface area contributed by atoms with Gasteiger partial charge in [0.2, 0.25) is 11.7 Å². The SMILES string of the molecule is C=CC(=O)NCc1ccc(-c2ccc(F)cc2)cc1-c1nnn(C(F)F)n1. The van der Waals surface area contributed by atoms with E-state index in [0.717, 1.165) is 11.6 Å². The zero-order chi connectivity index (χ0) is 19.4. The summed E-state index contributed by atoms with van der Waals surface area (Å²) in [6, 6.07) is 11.0. The average molecular weight is 373 g/mol. The molecule has 3 aromatic rings. The first kappa shape index (κ1) is 18.3. The molecule has 1 heterocycles. The monoisotopic (exact) mass is 373 g/mol. The van der Waals surface area contributed by atoms with Gasteiger partial charge in [0.1, 0.15) is 5.82 Å². The lowest BCUT2D eigenvalue weighted by Crippen LogP contribution is -2.20. The van der Waals surface area contributed by atoms with Gasteiger partial charge in [-0.2, -0.15) is 8.78 Å². The van der Waals surface area contributed by atoms with E-state index in [1.165, 1.54) is 12.1 Å². The van der Waals surface area contributed by atoms with Gasteiger partial charge < -0.3 is 5.32 Å². The van der Waals surface area contributed by atoms with Gasteiger partial charge in [0.25, 0.3) is 0 Å². The molecule has 6 nitrogen and oxygen atoms in total. The summed E-state index contributed by atoms with van der Waals surface area (Å²) in [5, 5.41) is 13.3. The molecular formula is C18H14F3N5O. The molecule has 3 rings (SSSR count). The Hall–Kier alpha value is -3.49. The third kappa shape index (κ3) is 4.20. The van der Waals surface area contributed by atoms with E-state index < -0.39 is 6.55 Å². The van der Waals surface area contributed by atoms with E-state index >= 15 is 0 Å². The molecule has 9 heteroatoms. The minimum absolute atomic E-state index is 0.0119. The van der Waals surface area contributed by atoms with Crippen molar-refractivity contribution in [3.63, 3.8) is 0 Å². The van der Waals surface area contributed by atoms with Gasteiger partial charge in [0, 0.05) is 12.1 Å². The highest BCUT2D eigenvalue weighted by Crippen LogP contribution is 2.28. The molecule has 0 aliphatic carbocycles. The van der Waals surface area contributed by atoms with Crippen LogP contribution in [0.5, 0.6) is 0 Å². The molecule has 0 aliphatic rings. The van der Waals surface area contributed by atoms with Crippen molar-refractivity contribution >= 4 is 5.91 Å². The highest BCUT2D eigenvalue weighted by Gasteiger charge is 2.16. The van der Waals surface area contributed by atoms with Gasteiger partial charge >= 0.3 is 6.55 Å². The number of hydrogen-bond donors (Lipinski definition) is 1. The highest BCUT2D eigenvalue weighted by molar-refractivity contribution is 5.87. The number of hydrogen-bond acceptors (Lipinski definition) is 4. The Balaban J connectivity index is 2.03. The van der Waals surface area contributed by atoms with Crippen molar-refractivity contribution in [2.75, 3.05) is 0 Å². The largest absolute Gasteiger partial charge is 0.350 e. The lowest BCUT2D eigenvalue weighted by Gasteiger charge is -2.10. The first-order chi connectivity index (χ1) is 13.0. The van der Waals surface area contributed by atoms with Crippen molar-refractivity contribution in [3.8, 4) is 22.5 Å². The van der Waals surface area contributed by atoms with Crippen LogP contribution in [0.3, 0.4) is 0 Å². The quantitative estimate of drug-likeness (QED) is 0.673. The van der Waals surface area contributed by atoms with Crippen molar-refractivity contribution in [1.29, 1.82) is 0 Å². The number of nitrogens with one attached hydrogen (secondary N) is 1. The molecule has 0 aliphatic heterocycles. The number of carbonyl (C=O) groups excluding carboxylic acids is 1. The first-order valence-electron chi connectivity index (χ1n) is 7.85. The van der Waals surface area contributed by atoms with Gasteiger partial charge in [-0.1, -0.05) is 35.6 Å². The first-order valence-corrected chi connectivity index (χ1v) is 7.85. The van der Waals surface area contributed by atoms with E-state index in [-0.39, 0.29) is 28.9 Å². The van der Waals surface area contributed by atoms with Crippen LogP contribution in [-0.2, 0) is 11.3 Å². The van der Waals surface area contributed by atoms with E-state index in [9.17, 15) is 18.0 Å². The summed E-state index contributed by atoms with van der Waals surface area (Å²) in [5.74, 6) is -0.765. The normalized spacial score (nSPS) is 10.8. The topological polar surface area (TPSA) is 72.7 Å². The number of carbonyl (C=O) groups is 1. The van der Waals surface area contributed by atoms with E-state index in [4.69, 9.17) is 0 Å². The standard InChI is InChI=1S/C18H14F3N5O/c1-2-16(27)22-10-13-4-3-12(11-5-7-14(19)8-6-11)9-15(13)17-23-25-26(24-17)18(20)21/h2-9,18H,1,10H2,(H,22,27). The molecule has 2 aromatic carbocycles. The maximum Gasteiger partial charge on any atom is 0.350 e. The molecule has 27 heavy (non-hydrogen) atoms. The van der Waals surface area contributed by atoms with Crippen molar-refractivity contribution in [2.45, 2.75) is 13.1 Å². The molecule has 1 aromatic heterocycles. The Labute approximate surface area is 152 Å².